The highest BCUT2D eigenvalue weighted by Gasteiger charge is 2.37. The third kappa shape index (κ3) is 5.18. The van der Waals surface area contributed by atoms with Crippen LogP contribution in [0.1, 0.15) is 22.4 Å². The first-order chi connectivity index (χ1) is 17.1. The van der Waals surface area contributed by atoms with Crippen LogP contribution < -0.4 is 5.32 Å². The first-order valence-electron chi connectivity index (χ1n) is 10.7. The summed E-state index contributed by atoms with van der Waals surface area (Å²) in [6, 6.07) is 29.6. The van der Waals surface area contributed by atoms with E-state index in [4.69, 9.17) is 16.4 Å². The molecular formula is C26H21ClFN3O3S. The molecule has 0 saturated carbocycles. The molecule has 4 aromatic rings. The van der Waals surface area contributed by atoms with Gasteiger partial charge in [0.05, 0.1) is 0 Å². The van der Waals surface area contributed by atoms with Crippen molar-refractivity contribution in [3.05, 3.63) is 118 Å². The van der Waals surface area contributed by atoms with Gasteiger partial charge in [-0.05, 0) is 16.7 Å². The number of carboxylic acids is 1. The molecule has 6 nitrogen and oxygen atoms in total. The quantitative estimate of drug-likeness (QED) is 0.119. The summed E-state index contributed by atoms with van der Waals surface area (Å²) in [4.78, 5) is 21.0. The summed E-state index contributed by atoms with van der Waals surface area (Å²) in [6.07, 6.45) is 0. The van der Waals surface area contributed by atoms with E-state index < -0.39 is 23.9 Å². The van der Waals surface area contributed by atoms with Crippen LogP contribution in [-0.2, 0) is 15.2 Å². The molecule has 0 aliphatic carbocycles. The lowest BCUT2D eigenvalue weighted by molar-refractivity contribution is -0.129. The summed E-state index contributed by atoms with van der Waals surface area (Å²) in [5, 5.41) is 17.1. The monoisotopic (exact) mass is 509 g/mol. The first kappa shape index (κ1) is 24.4. The molecule has 178 valence electrons. The fourth-order valence-corrected chi connectivity index (χ4v) is 4.87. The molecule has 3 aromatic carbocycles. The number of benzene rings is 3. The van der Waals surface area contributed by atoms with E-state index in [0.29, 0.717) is 5.13 Å². The minimum absolute atomic E-state index is 0.0615. The largest absolute Gasteiger partial charge is 0.476 e. The third-order valence-electron chi connectivity index (χ3n) is 5.25. The molecule has 9 heteroatoms. The SMILES string of the molecule is O=C(O)/C(=N\OCCF)c1nc(NC(c2ccccc2)(c2ccccc2)c2ccccc2)sc1Cl. The van der Waals surface area contributed by atoms with Gasteiger partial charge in [-0.25, -0.2) is 14.2 Å². The van der Waals surface area contributed by atoms with Crippen LogP contribution in [0.25, 0.3) is 0 Å². The standard InChI is InChI=1S/C26H21ClFN3O3S/c27-23-21(22(24(32)33)31-34-17-16-28)29-25(35-23)30-26(18-10-4-1-5-11-18,19-12-6-2-7-13-19)20-14-8-3-9-15-20/h1-15H,16-17H2,(H,29,30)(H,32,33)/b31-22-. The Hall–Kier alpha value is -3.75. The molecule has 0 bridgehead atoms. The molecule has 0 aliphatic heterocycles. The average Bonchev–Trinajstić information content (AvgIpc) is 3.25. The number of alkyl halides is 1. The van der Waals surface area contributed by atoms with E-state index in [1.165, 1.54) is 0 Å². The van der Waals surface area contributed by atoms with Gasteiger partial charge in [0.15, 0.2) is 5.13 Å². The minimum atomic E-state index is -1.39. The lowest BCUT2D eigenvalue weighted by Gasteiger charge is -2.36. The number of hydrogen-bond acceptors (Lipinski definition) is 6. The van der Waals surface area contributed by atoms with Crippen molar-refractivity contribution in [2.45, 2.75) is 5.54 Å². The number of oxime groups is 1. The van der Waals surface area contributed by atoms with Crippen LogP contribution in [0.4, 0.5) is 9.52 Å². The maximum Gasteiger partial charge on any atom is 0.360 e. The Morgan fingerprint density at radius 2 is 1.46 bits per heavy atom. The maximum atomic E-state index is 12.4. The Kier molecular flexibility index (Phi) is 7.74. The van der Waals surface area contributed by atoms with E-state index in [2.05, 4.69) is 15.5 Å². The Labute approximate surface area is 210 Å². The summed E-state index contributed by atoms with van der Waals surface area (Å²) in [7, 11) is 0. The molecule has 0 saturated heterocycles. The Bertz CT molecular complexity index is 1200. The van der Waals surface area contributed by atoms with Gasteiger partial charge in [0.1, 0.15) is 28.9 Å². The second kappa shape index (κ2) is 11.1. The highest BCUT2D eigenvalue weighted by molar-refractivity contribution is 7.20. The fraction of sp³-hybridized carbons (Fsp3) is 0.115. The van der Waals surface area contributed by atoms with Crippen LogP contribution in [0, 0.1) is 0 Å². The van der Waals surface area contributed by atoms with E-state index in [1.807, 2.05) is 91.0 Å². The lowest BCUT2D eigenvalue weighted by Crippen LogP contribution is -2.38. The predicted octanol–water partition coefficient (Wildman–Crippen LogP) is 5.98. The van der Waals surface area contributed by atoms with Crippen molar-refractivity contribution >= 4 is 39.8 Å². The Morgan fingerprint density at radius 3 is 1.89 bits per heavy atom. The zero-order valence-corrected chi connectivity index (χ0v) is 20.0. The summed E-state index contributed by atoms with van der Waals surface area (Å²) >= 11 is 7.49. The topological polar surface area (TPSA) is 83.8 Å². The van der Waals surface area contributed by atoms with Crippen LogP contribution >= 0.6 is 22.9 Å². The van der Waals surface area contributed by atoms with E-state index in [0.717, 1.165) is 28.0 Å². The van der Waals surface area contributed by atoms with E-state index in [1.54, 1.807) is 0 Å². The van der Waals surface area contributed by atoms with Crippen molar-refractivity contribution in [1.82, 2.24) is 4.98 Å². The number of hydrogen-bond donors (Lipinski definition) is 2. The Morgan fingerprint density at radius 1 is 0.971 bits per heavy atom. The highest BCUT2D eigenvalue weighted by Crippen LogP contribution is 2.42. The average molecular weight is 510 g/mol. The number of anilines is 1. The number of thiazole rings is 1. The molecule has 0 aliphatic rings. The second-order valence-corrected chi connectivity index (χ2v) is 8.98. The van der Waals surface area contributed by atoms with Gasteiger partial charge in [-0.15, -0.1) is 0 Å². The summed E-state index contributed by atoms with van der Waals surface area (Å²) in [5.74, 6) is -1.39. The predicted molar refractivity (Wildman–Crippen MR) is 136 cm³/mol. The zero-order chi connectivity index (χ0) is 24.7. The normalized spacial score (nSPS) is 11.8. The summed E-state index contributed by atoms with van der Waals surface area (Å²) in [6.45, 7) is -1.18. The second-order valence-electron chi connectivity index (χ2n) is 7.38. The van der Waals surface area contributed by atoms with Crippen molar-refractivity contribution in [2.24, 2.45) is 5.16 Å². The zero-order valence-electron chi connectivity index (χ0n) is 18.4. The van der Waals surface area contributed by atoms with Crippen LogP contribution in [0.3, 0.4) is 0 Å². The van der Waals surface area contributed by atoms with Gasteiger partial charge < -0.3 is 15.3 Å². The summed E-state index contributed by atoms with van der Waals surface area (Å²) in [5.41, 5.74) is 1.41. The lowest BCUT2D eigenvalue weighted by atomic mass is 9.77. The molecule has 0 atom stereocenters. The van der Waals surface area contributed by atoms with Crippen LogP contribution in [0.5, 0.6) is 0 Å². The van der Waals surface area contributed by atoms with E-state index >= 15 is 0 Å². The highest BCUT2D eigenvalue weighted by atomic mass is 35.5. The molecule has 0 unspecified atom stereocenters. The number of carboxylic acid groups (broad SMARTS) is 1. The molecule has 1 aromatic heterocycles. The first-order valence-corrected chi connectivity index (χ1v) is 11.9. The Balaban J connectivity index is 1.88. The number of rotatable bonds is 10. The van der Waals surface area contributed by atoms with Crippen LogP contribution in [-0.4, -0.2) is 35.1 Å². The van der Waals surface area contributed by atoms with Crippen molar-refractivity contribution in [3.8, 4) is 0 Å². The molecule has 1 heterocycles. The van der Waals surface area contributed by atoms with E-state index in [9.17, 15) is 14.3 Å². The molecule has 35 heavy (non-hydrogen) atoms. The van der Waals surface area contributed by atoms with Crippen molar-refractivity contribution < 1.29 is 19.1 Å². The molecule has 0 fully saturated rings. The van der Waals surface area contributed by atoms with Gasteiger partial charge in [0.25, 0.3) is 0 Å². The van der Waals surface area contributed by atoms with Gasteiger partial charge in [0, 0.05) is 0 Å². The number of halogens is 2. The smallest absolute Gasteiger partial charge is 0.360 e. The number of aliphatic carboxylic acids is 1. The van der Waals surface area contributed by atoms with Crippen molar-refractivity contribution in [3.63, 3.8) is 0 Å². The molecular weight excluding hydrogens is 489 g/mol. The van der Waals surface area contributed by atoms with Gasteiger partial charge in [-0.1, -0.05) is 119 Å². The fourth-order valence-electron chi connectivity index (χ4n) is 3.77. The third-order valence-corrected chi connectivity index (χ3v) is 6.42. The molecule has 0 radical (unpaired) electrons. The minimum Gasteiger partial charge on any atom is -0.476 e. The maximum absolute atomic E-state index is 12.4. The van der Waals surface area contributed by atoms with Gasteiger partial charge in [-0.3, -0.25) is 0 Å². The summed E-state index contributed by atoms with van der Waals surface area (Å²) < 4.78 is 12.5. The van der Waals surface area contributed by atoms with E-state index in [-0.39, 0.29) is 16.6 Å². The van der Waals surface area contributed by atoms with Gasteiger partial charge in [-0.2, -0.15) is 0 Å². The van der Waals surface area contributed by atoms with Crippen LogP contribution in [0.2, 0.25) is 4.34 Å². The number of nitrogens with one attached hydrogen (secondary N) is 1. The number of carbonyl (C=O) groups is 1. The molecule has 0 amide bonds. The van der Waals surface area contributed by atoms with Crippen molar-refractivity contribution in [2.75, 3.05) is 18.6 Å². The molecule has 2 N–H and O–H groups in total. The number of nitrogens with zero attached hydrogens (tertiary/aromatic N) is 2. The number of aromatic nitrogens is 1. The van der Waals surface area contributed by atoms with Gasteiger partial charge in [0.2, 0.25) is 5.71 Å². The van der Waals surface area contributed by atoms with Crippen LogP contribution in [0.15, 0.2) is 96.2 Å². The molecule has 4 rings (SSSR count). The van der Waals surface area contributed by atoms with Gasteiger partial charge >= 0.3 is 5.97 Å². The van der Waals surface area contributed by atoms with Crippen molar-refractivity contribution in [1.29, 1.82) is 0 Å². The molecule has 0 spiro atoms.